The number of alkyl halides is 1. The Bertz CT molecular complexity index is 307. The molecule has 1 aromatic rings. The van der Waals surface area contributed by atoms with Crippen LogP contribution in [-0.4, -0.2) is 19.8 Å². The fourth-order valence-electron chi connectivity index (χ4n) is 1.19. The Morgan fingerprint density at radius 2 is 2.27 bits per heavy atom. The van der Waals surface area contributed by atoms with Gasteiger partial charge in [0.1, 0.15) is 19.0 Å². The Morgan fingerprint density at radius 3 is 2.87 bits per heavy atom. The van der Waals surface area contributed by atoms with E-state index < -0.39 is 6.67 Å². The molecule has 0 amide bonds. The van der Waals surface area contributed by atoms with E-state index in [1.165, 1.54) is 5.56 Å². The number of rotatable bonds is 6. The van der Waals surface area contributed by atoms with Crippen molar-refractivity contribution in [3.63, 3.8) is 0 Å². The van der Waals surface area contributed by atoms with Crippen LogP contribution in [0.15, 0.2) is 22.7 Å². The van der Waals surface area contributed by atoms with Gasteiger partial charge in [-0.25, -0.2) is 4.39 Å². The van der Waals surface area contributed by atoms with Crippen LogP contribution in [0.25, 0.3) is 0 Å². The summed E-state index contributed by atoms with van der Waals surface area (Å²) in [6.07, 6.45) is 0. The summed E-state index contributed by atoms with van der Waals surface area (Å²) in [7, 11) is 0. The second kappa shape index (κ2) is 6.80. The van der Waals surface area contributed by atoms with E-state index in [1.807, 2.05) is 18.2 Å². The molecule has 0 aromatic heterocycles. The van der Waals surface area contributed by atoms with Crippen molar-refractivity contribution in [1.29, 1.82) is 0 Å². The zero-order valence-corrected chi connectivity index (χ0v) is 10.3. The van der Waals surface area contributed by atoms with Crippen molar-refractivity contribution in [2.24, 2.45) is 0 Å². The fraction of sp³-hybridized carbons (Fsp3) is 0.455. The van der Waals surface area contributed by atoms with E-state index >= 15 is 0 Å². The maximum Gasteiger partial charge on any atom is 0.133 e. The molecule has 2 nitrogen and oxygen atoms in total. The smallest absolute Gasteiger partial charge is 0.133 e. The van der Waals surface area contributed by atoms with E-state index in [0.29, 0.717) is 5.75 Å². The van der Waals surface area contributed by atoms with Crippen molar-refractivity contribution in [3.05, 3.63) is 28.2 Å². The van der Waals surface area contributed by atoms with Gasteiger partial charge in [0.2, 0.25) is 0 Å². The molecule has 1 N–H and O–H groups in total. The van der Waals surface area contributed by atoms with Crippen LogP contribution in [0.4, 0.5) is 4.39 Å². The summed E-state index contributed by atoms with van der Waals surface area (Å²) in [5.41, 5.74) is 1.18. The van der Waals surface area contributed by atoms with Crippen LogP contribution in [0, 0.1) is 0 Å². The SMILES string of the molecule is CCNCc1ccc(OCCF)c(Br)c1. The Labute approximate surface area is 98.0 Å². The van der Waals surface area contributed by atoms with Gasteiger partial charge in [0.25, 0.3) is 0 Å². The van der Waals surface area contributed by atoms with Crippen LogP contribution >= 0.6 is 15.9 Å². The van der Waals surface area contributed by atoms with Gasteiger partial charge in [-0.05, 0) is 40.2 Å². The van der Waals surface area contributed by atoms with Crippen LogP contribution in [0.3, 0.4) is 0 Å². The van der Waals surface area contributed by atoms with E-state index in [4.69, 9.17) is 4.74 Å². The van der Waals surface area contributed by atoms with Crippen molar-refractivity contribution >= 4 is 15.9 Å². The van der Waals surface area contributed by atoms with Gasteiger partial charge in [-0.15, -0.1) is 0 Å². The molecule has 0 atom stereocenters. The number of halogens is 2. The summed E-state index contributed by atoms with van der Waals surface area (Å²) < 4.78 is 18.0. The Balaban J connectivity index is 2.61. The molecule has 0 fully saturated rings. The molecule has 0 aliphatic heterocycles. The van der Waals surface area contributed by atoms with Crippen molar-refractivity contribution in [2.75, 3.05) is 19.8 Å². The number of benzene rings is 1. The van der Waals surface area contributed by atoms with Crippen LogP contribution < -0.4 is 10.1 Å². The first kappa shape index (κ1) is 12.5. The van der Waals surface area contributed by atoms with Gasteiger partial charge in [-0.1, -0.05) is 13.0 Å². The van der Waals surface area contributed by atoms with E-state index in [9.17, 15) is 4.39 Å². The van der Waals surface area contributed by atoms with Gasteiger partial charge >= 0.3 is 0 Å². The largest absolute Gasteiger partial charge is 0.490 e. The lowest BCUT2D eigenvalue weighted by Gasteiger charge is -2.08. The lowest BCUT2D eigenvalue weighted by atomic mass is 10.2. The van der Waals surface area contributed by atoms with Gasteiger partial charge < -0.3 is 10.1 Å². The third-order valence-corrected chi connectivity index (χ3v) is 2.53. The lowest BCUT2D eigenvalue weighted by molar-refractivity contribution is 0.272. The lowest BCUT2D eigenvalue weighted by Crippen LogP contribution is -2.11. The van der Waals surface area contributed by atoms with Crippen molar-refractivity contribution in [2.45, 2.75) is 13.5 Å². The average molecular weight is 276 g/mol. The minimum atomic E-state index is -0.467. The van der Waals surface area contributed by atoms with Gasteiger partial charge in [0.05, 0.1) is 4.47 Å². The highest BCUT2D eigenvalue weighted by Gasteiger charge is 2.02. The van der Waals surface area contributed by atoms with Crippen LogP contribution in [0.1, 0.15) is 12.5 Å². The number of hydrogen-bond donors (Lipinski definition) is 1. The van der Waals surface area contributed by atoms with Crippen molar-refractivity contribution in [3.8, 4) is 5.75 Å². The summed E-state index contributed by atoms with van der Waals surface area (Å²) in [5, 5.41) is 3.23. The van der Waals surface area contributed by atoms with Crippen LogP contribution in [-0.2, 0) is 6.54 Å². The predicted molar refractivity (Wildman–Crippen MR) is 63.0 cm³/mol. The minimum Gasteiger partial charge on any atom is -0.490 e. The molecule has 0 heterocycles. The van der Waals surface area contributed by atoms with E-state index in [0.717, 1.165) is 17.6 Å². The standard InChI is InChI=1S/C11H15BrFNO/c1-2-14-8-9-3-4-11(10(12)7-9)15-6-5-13/h3-4,7,14H,2,5-6,8H2,1H3. The summed E-state index contributed by atoms with van der Waals surface area (Å²) >= 11 is 3.39. The zero-order valence-electron chi connectivity index (χ0n) is 8.72. The second-order valence-corrected chi connectivity index (χ2v) is 3.94. The van der Waals surface area contributed by atoms with Crippen molar-refractivity contribution in [1.82, 2.24) is 5.32 Å². The summed E-state index contributed by atoms with van der Waals surface area (Å²) in [6, 6.07) is 5.81. The van der Waals surface area contributed by atoms with Gasteiger partial charge in [0.15, 0.2) is 0 Å². The maximum atomic E-state index is 11.9. The predicted octanol–water partition coefficient (Wildman–Crippen LogP) is 2.91. The van der Waals surface area contributed by atoms with E-state index in [-0.39, 0.29) is 6.61 Å². The molecule has 0 spiro atoms. The topological polar surface area (TPSA) is 21.3 Å². The molecule has 0 saturated heterocycles. The monoisotopic (exact) mass is 275 g/mol. The molecule has 0 aliphatic rings. The number of ether oxygens (including phenoxy) is 1. The second-order valence-electron chi connectivity index (χ2n) is 3.08. The summed E-state index contributed by atoms with van der Waals surface area (Å²) in [6.45, 7) is 3.47. The molecule has 0 bridgehead atoms. The summed E-state index contributed by atoms with van der Waals surface area (Å²) in [5.74, 6) is 0.688. The molecule has 4 heteroatoms. The number of nitrogens with one attached hydrogen (secondary N) is 1. The maximum absolute atomic E-state index is 11.9. The summed E-state index contributed by atoms with van der Waals surface area (Å²) in [4.78, 5) is 0. The van der Waals surface area contributed by atoms with Crippen LogP contribution in [0.5, 0.6) is 5.75 Å². The minimum absolute atomic E-state index is 0.102. The van der Waals surface area contributed by atoms with Gasteiger partial charge in [0, 0.05) is 6.54 Å². The molecule has 0 aliphatic carbocycles. The van der Waals surface area contributed by atoms with Crippen molar-refractivity contribution < 1.29 is 9.13 Å². The highest BCUT2D eigenvalue weighted by atomic mass is 79.9. The quantitative estimate of drug-likeness (QED) is 0.862. The van der Waals surface area contributed by atoms with Gasteiger partial charge in [-0.3, -0.25) is 0 Å². The van der Waals surface area contributed by atoms with E-state index in [1.54, 1.807) is 0 Å². The normalized spacial score (nSPS) is 10.3. The number of hydrogen-bond acceptors (Lipinski definition) is 2. The molecular formula is C11H15BrFNO. The van der Waals surface area contributed by atoms with Crippen LogP contribution in [0.2, 0.25) is 0 Å². The molecule has 84 valence electrons. The fourth-order valence-corrected chi connectivity index (χ4v) is 1.73. The first-order valence-corrected chi connectivity index (χ1v) is 5.75. The molecule has 0 unspecified atom stereocenters. The highest BCUT2D eigenvalue weighted by Crippen LogP contribution is 2.25. The Kier molecular flexibility index (Phi) is 5.65. The molecule has 0 saturated carbocycles. The highest BCUT2D eigenvalue weighted by molar-refractivity contribution is 9.10. The molecule has 1 aromatic carbocycles. The average Bonchev–Trinajstić information content (AvgIpc) is 2.25. The first-order chi connectivity index (χ1) is 7.27. The molecule has 0 radical (unpaired) electrons. The van der Waals surface area contributed by atoms with E-state index in [2.05, 4.69) is 28.2 Å². The Morgan fingerprint density at radius 1 is 1.47 bits per heavy atom. The van der Waals surface area contributed by atoms with Gasteiger partial charge in [-0.2, -0.15) is 0 Å². The molecule has 1 rings (SSSR count). The molecule has 15 heavy (non-hydrogen) atoms. The molecular weight excluding hydrogens is 261 g/mol. The third kappa shape index (κ3) is 4.18. The first-order valence-electron chi connectivity index (χ1n) is 4.95. The Hall–Kier alpha value is -0.610. The third-order valence-electron chi connectivity index (χ3n) is 1.91. The zero-order chi connectivity index (χ0) is 11.1.